The van der Waals surface area contributed by atoms with Crippen LogP contribution in [0.4, 0.5) is 0 Å². The Morgan fingerprint density at radius 3 is 3.12 bits per heavy atom. The molecule has 1 N–H and O–H groups in total. The lowest BCUT2D eigenvalue weighted by Gasteiger charge is -2.35. The highest BCUT2D eigenvalue weighted by Crippen LogP contribution is 2.24. The van der Waals surface area contributed by atoms with E-state index in [9.17, 15) is 5.11 Å². The molecule has 88 valence electrons. The van der Waals surface area contributed by atoms with Crippen LogP contribution in [0.15, 0.2) is 18.6 Å². The average molecular weight is 221 g/mol. The van der Waals surface area contributed by atoms with E-state index in [1.165, 1.54) is 0 Å². The normalized spacial score (nSPS) is 24.2. The monoisotopic (exact) mass is 221 g/mol. The van der Waals surface area contributed by atoms with Crippen molar-refractivity contribution in [1.82, 2.24) is 14.9 Å². The van der Waals surface area contributed by atoms with Gasteiger partial charge in [0.05, 0.1) is 11.7 Å². The smallest absolute Gasteiger partial charge is 0.0755 e. The van der Waals surface area contributed by atoms with E-state index >= 15 is 0 Å². The van der Waals surface area contributed by atoms with Gasteiger partial charge in [0.15, 0.2) is 0 Å². The molecule has 0 radical (unpaired) electrons. The number of nitrogens with zero attached hydrogens (tertiary/aromatic N) is 3. The molecule has 0 aliphatic carbocycles. The van der Waals surface area contributed by atoms with Crippen LogP contribution in [0.2, 0.25) is 0 Å². The molecule has 0 unspecified atom stereocenters. The van der Waals surface area contributed by atoms with E-state index in [-0.39, 0.29) is 0 Å². The fourth-order valence-corrected chi connectivity index (χ4v) is 2.31. The van der Waals surface area contributed by atoms with Crippen LogP contribution in [0.25, 0.3) is 0 Å². The van der Waals surface area contributed by atoms with Gasteiger partial charge in [0, 0.05) is 31.7 Å². The van der Waals surface area contributed by atoms with Gasteiger partial charge in [0.1, 0.15) is 0 Å². The highest BCUT2D eigenvalue weighted by Gasteiger charge is 2.24. The lowest BCUT2D eigenvalue weighted by molar-refractivity contribution is 0.0920. The Kier molecular flexibility index (Phi) is 3.85. The lowest BCUT2D eigenvalue weighted by Crippen LogP contribution is -2.38. The molecule has 0 bridgehead atoms. The zero-order valence-corrected chi connectivity index (χ0v) is 9.71. The molecule has 1 fully saturated rings. The second-order valence-corrected chi connectivity index (χ2v) is 4.49. The number of hydrogen-bond acceptors (Lipinski definition) is 4. The van der Waals surface area contributed by atoms with Crippen LogP contribution in [0.1, 0.15) is 31.5 Å². The number of aliphatic hydroxyl groups is 1. The number of likely N-dealkylation sites (tertiary alicyclic amines) is 1. The molecule has 1 saturated heterocycles. The maximum absolute atomic E-state index is 9.21. The first kappa shape index (κ1) is 11.5. The zero-order chi connectivity index (χ0) is 11.4. The number of hydrogen-bond donors (Lipinski definition) is 1. The standard InChI is InChI=1S/C12H19N3O/c1-10(12-7-13-4-5-14-12)15-6-2-3-11(8-15)9-16/h4-5,7,10-11,16H,2-3,6,8-9H2,1H3/t10-,11-/m0/s1. The van der Waals surface area contributed by atoms with Crippen molar-refractivity contribution < 1.29 is 5.11 Å². The summed E-state index contributed by atoms with van der Waals surface area (Å²) in [5.74, 6) is 0.424. The van der Waals surface area contributed by atoms with Crippen molar-refractivity contribution in [3.63, 3.8) is 0 Å². The topological polar surface area (TPSA) is 49.2 Å². The molecular weight excluding hydrogens is 202 g/mol. The molecule has 1 aromatic rings. The molecule has 0 saturated carbocycles. The Labute approximate surface area is 96.3 Å². The van der Waals surface area contributed by atoms with Gasteiger partial charge in [-0.25, -0.2) is 0 Å². The first-order chi connectivity index (χ1) is 7.81. The molecular formula is C12H19N3O. The van der Waals surface area contributed by atoms with Gasteiger partial charge in [0.25, 0.3) is 0 Å². The van der Waals surface area contributed by atoms with Crippen LogP contribution in [0.3, 0.4) is 0 Å². The van der Waals surface area contributed by atoms with Crippen molar-refractivity contribution in [3.8, 4) is 0 Å². The summed E-state index contributed by atoms with van der Waals surface area (Å²) in [5, 5.41) is 9.21. The Hall–Kier alpha value is -1.00. The predicted octanol–water partition coefficient (Wildman–Crippen LogP) is 1.24. The molecule has 0 amide bonds. The fraction of sp³-hybridized carbons (Fsp3) is 0.667. The molecule has 1 aliphatic rings. The maximum Gasteiger partial charge on any atom is 0.0755 e. The van der Waals surface area contributed by atoms with Crippen molar-refractivity contribution in [3.05, 3.63) is 24.3 Å². The average Bonchev–Trinajstić information content (AvgIpc) is 2.39. The molecule has 4 nitrogen and oxygen atoms in total. The zero-order valence-electron chi connectivity index (χ0n) is 9.71. The molecule has 2 rings (SSSR count). The minimum atomic E-state index is 0.294. The summed E-state index contributed by atoms with van der Waals surface area (Å²) in [4.78, 5) is 10.8. The molecule has 1 aliphatic heterocycles. The van der Waals surface area contributed by atoms with Crippen LogP contribution in [0, 0.1) is 5.92 Å². The van der Waals surface area contributed by atoms with Gasteiger partial charge in [-0.3, -0.25) is 14.9 Å². The third kappa shape index (κ3) is 2.57. The van der Waals surface area contributed by atoms with Gasteiger partial charge in [-0.1, -0.05) is 0 Å². The quantitative estimate of drug-likeness (QED) is 0.834. The van der Waals surface area contributed by atoms with Crippen molar-refractivity contribution in [1.29, 1.82) is 0 Å². The second kappa shape index (κ2) is 5.37. The Morgan fingerprint density at radius 1 is 1.56 bits per heavy atom. The highest BCUT2D eigenvalue weighted by molar-refractivity contribution is 5.01. The molecule has 2 heterocycles. The molecule has 2 atom stereocenters. The Morgan fingerprint density at radius 2 is 2.44 bits per heavy atom. The van der Waals surface area contributed by atoms with E-state index < -0.39 is 0 Å². The number of aliphatic hydroxyl groups excluding tert-OH is 1. The summed E-state index contributed by atoms with van der Waals surface area (Å²) in [5.41, 5.74) is 1.01. The lowest BCUT2D eigenvalue weighted by atomic mass is 9.97. The van der Waals surface area contributed by atoms with Crippen molar-refractivity contribution in [2.24, 2.45) is 5.92 Å². The molecule has 4 heteroatoms. The van der Waals surface area contributed by atoms with Crippen molar-refractivity contribution in [2.75, 3.05) is 19.7 Å². The summed E-state index contributed by atoms with van der Waals surface area (Å²) in [6.45, 7) is 4.51. The van der Waals surface area contributed by atoms with Crippen molar-refractivity contribution in [2.45, 2.75) is 25.8 Å². The van der Waals surface area contributed by atoms with Crippen LogP contribution < -0.4 is 0 Å². The highest BCUT2D eigenvalue weighted by atomic mass is 16.3. The van der Waals surface area contributed by atoms with Crippen LogP contribution in [-0.2, 0) is 0 Å². The summed E-state index contributed by atoms with van der Waals surface area (Å²) in [6.07, 6.45) is 7.56. The van der Waals surface area contributed by atoms with E-state index in [2.05, 4.69) is 21.8 Å². The van der Waals surface area contributed by atoms with E-state index in [1.807, 2.05) is 6.20 Å². The van der Waals surface area contributed by atoms with Crippen LogP contribution in [-0.4, -0.2) is 39.7 Å². The van der Waals surface area contributed by atoms with Crippen LogP contribution >= 0.6 is 0 Å². The van der Waals surface area contributed by atoms with E-state index in [1.54, 1.807) is 12.4 Å². The molecule has 1 aromatic heterocycles. The summed E-state index contributed by atoms with van der Waals surface area (Å²) in [7, 11) is 0. The minimum absolute atomic E-state index is 0.294. The summed E-state index contributed by atoms with van der Waals surface area (Å²) < 4.78 is 0. The fourth-order valence-electron chi connectivity index (χ4n) is 2.31. The van der Waals surface area contributed by atoms with Gasteiger partial charge < -0.3 is 5.11 Å². The van der Waals surface area contributed by atoms with E-state index in [0.717, 1.165) is 31.6 Å². The largest absolute Gasteiger partial charge is 0.396 e. The van der Waals surface area contributed by atoms with E-state index in [0.29, 0.717) is 18.6 Å². The van der Waals surface area contributed by atoms with Gasteiger partial charge in [-0.05, 0) is 32.2 Å². The number of rotatable bonds is 3. The SMILES string of the molecule is C[C@@H](c1cnccn1)N1CCC[C@H](CO)C1. The Bertz CT molecular complexity index is 317. The maximum atomic E-state index is 9.21. The van der Waals surface area contributed by atoms with Gasteiger partial charge >= 0.3 is 0 Å². The number of piperidine rings is 1. The summed E-state index contributed by atoms with van der Waals surface area (Å²) >= 11 is 0. The first-order valence-electron chi connectivity index (χ1n) is 5.92. The number of aromatic nitrogens is 2. The molecule has 16 heavy (non-hydrogen) atoms. The summed E-state index contributed by atoms with van der Waals surface area (Å²) in [6, 6.07) is 0.294. The third-order valence-electron chi connectivity index (χ3n) is 3.37. The minimum Gasteiger partial charge on any atom is -0.396 e. The van der Waals surface area contributed by atoms with Crippen molar-refractivity contribution >= 4 is 0 Å². The van der Waals surface area contributed by atoms with Gasteiger partial charge in [-0.15, -0.1) is 0 Å². The third-order valence-corrected chi connectivity index (χ3v) is 3.37. The van der Waals surface area contributed by atoms with Gasteiger partial charge in [-0.2, -0.15) is 0 Å². The molecule has 0 spiro atoms. The van der Waals surface area contributed by atoms with Crippen LogP contribution in [0.5, 0.6) is 0 Å². The van der Waals surface area contributed by atoms with Gasteiger partial charge in [0.2, 0.25) is 0 Å². The Balaban J connectivity index is 2.01. The first-order valence-corrected chi connectivity index (χ1v) is 5.92. The molecule has 0 aromatic carbocycles. The predicted molar refractivity (Wildman–Crippen MR) is 61.8 cm³/mol. The second-order valence-electron chi connectivity index (χ2n) is 4.49. The van der Waals surface area contributed by atoms with E-state index in [4.69, 9.17) is 0 Å².